The van der Waals surface area contributed by atoms with Gasteiger partial charge in [-0.25, -0.2) is 4.79 Å². The summed E-state index contributed by atoms with van der Waals surface area (Å²) in [5.41, 5.74) is 2.98. The Bertz CT molecular complexity index is 766. The SMILES string of the molecule is Cc1cc(C(=O)OCC(=O)Nc2cccc(Br)c2)c(C)n1C(C)C. The molecule has 1 amide bonds. The fraction of sp³-hybridized carbons (Fsp3) is 0.333. The first-order valence-electron chi connectivity index (χ1n) is 7.70. The second kappa shape index (κ2) is 7.66. The number of carbonyl (C=O) groups is 2. The Morgan fingerprint density at radius 1 is 1.25 bits per heavy atom. The first kappa shape index (κ1) is 18.3. The van der Waals surface area contributed by atoms with E-state index in [1.165, 1.54) is 0 Å². The summed E-state index contributed by atoms with van der Waals surface area (Å²) in [6.07, 6.45) is 0. The maximum Gasteiger partial charge on any atom is 0.340 e. The molecular weight excluding hydrogens is 372 g/mol. The Hall–Kier alpha value is -2.08. The lowest BCUT2D eigenvalue weighted by Gasteiger charge is -2.13. The van der Waals surface area contributed by atoms with Crippen molar-refractivity contribution in [2.75, 3.05) is 11.9 Å². The lowest BCUT2D eigenvalue weighted by atomic mass is 10.2. The van der Waals surface area contributed by atoms with Gasteiger partial charge in [0.2, 0.25) is 0 Å². The number of hydrogen-bond donors (Lipinski definition) is 1. The lowest BCUT2D eigenvalue weighted by Crippen LogP contribution is -2.21. The molecule has 0 atom stereocenters. The van der Waals surface area contributed by atoms with E-state index in [0.29, 0.717) is 11.3 Å². The molecule has 2 aromatic rings. The average molecular weight is 393 g/mol. The third-order valence-electron chi connectivity index (χ3n) is 3.66. The number of ether oxygens (including phenoxy) is 1. The van der Waals surface area contributed by atoms with Gasteiger partial charge in [0, 0.05) is 27.6 Å². The topological polar surface area (TPSA) is 60.3 Å². The largest absolute Gasteiger partial charge is 0.452 e. The number of nitrogens with one attached hydrogen (secondary N) is 1. The quantitative estimate of drug-likeness (QED) is 0.773. The minimum Gasteiger partial charge on any atom is -0.452 e. The molecular formula is C18H21BrN2O3. The van der Waals surface area contributed by atoms with Crippen LogP contribution in [0.25, 0.3) is 0 Å². The molecule has 1 heterocycles. The van der Waals surface area contributed by atoms with Crippen molar-refractivity contribution in [2.45, 2.75) is 33.7 Å². The van der Waals surface area contributed by atoms with Crippen molar-refractivity contribution in [1.29, 1.82) is 0 Å². The molecule has 0 fully saturated rings. The summed E-state index contributed by atoms with van der Waals surface area (Å²) in [5, 5.41) is 2.69. The van der Waals surface area contributed by atoms with Crippen LogP contribution in [0.2, 0.25) is 0 Å². The molecule has 0 aliphatic heterocycles. The van der Waals surface area contributed by atoms with Crippen molar-refractivity contribution in [3.63, 3.8) is 0 Å². The number of carbonyl (C=O) groups excluding carboxylic acids is 2. The highest BCUT2D eigenvalue weighted by atomic mass is 79.9. The first-order valence-corrected chi connectivity index (χ1v) is 8.50. The van der Waals surface area contributed by atoms with Crippen molar-refractivity contribution >= 4 is 33.5 Å². The van der Waals surface area contributed by atoms with E-state index in [4.69, 9.17) is 4.74 Å². The highest BCUT2D eigenvalue weighted by molar-refractivity contribution is 9.10. The average Bonchev–Trinajstić information content (AvgIpc) is 2.79. The third kappa shape index (κ3) is 4.26. The minimum atomic E-state index is -0.487. The van der Waals surface area contributed by atoms with E-state index >= 15 is 0 Å². The fourth-order valence-electron chi connectivity index (χ4n) is 2.75. The second-order valence-corrected chi connectivity index (χ2v) is 6.80. The van der Waals surface area contributed by atoms with Crippen LogP contribution in [0.4, 0.5) is 5.69 Å². The van der Waals surface area contributed by atoms with Gasteiger partial charge in [-0.15, -0.1) is 0 Å². The zero-order valence-corrected chi connectivity index (χ0v) is 15.8. The Morgan fingerprint density at radius 3 is 2.54 bits per heavy atom. The fourth-order valence-corrected chi connectivity index (χ4v) is 3.15. The van der Waals surface area contributed by atoms with Crippen molar-refractivity contribution in [3.05, 3.63) is 51.8 Å². The van der Waals surface area contributed by atoms with Crippen LogP contribution in [0.15, 0.2) is 34.8 Å². The zero-order valence-electron chi connectivity index (χ0n) is 14.2. The molecule has 0 saturated heterocycles. The number of nitrogens with zero attached hydrogens (tertiary/aromatic N) is 1. The normalized spacial score (nSPS) is 10.8. The van der Waals surface area contributed by atoms with Crippen LogP contribution in [0, 0.1) is 13.8 Å². The van der Waals surface area contributed by atoms with Gasteiger partial charge in [-0.2, -0.15) is 0 Å². The molecule has 0 spiro atoms. The van der Waals surface area contributed by atoms with Gasteiger partial charge in [-0.1, -0.05) is 22.0 Å². The number of anilines is 1. The van der Waals surface area contributed by atoms with Crippen molar-refractivity contribution in [3.8, 4) is 0 Å². The zero-order chi connectivity index (χ0) is 17.9. The smallest absolute Gasteiger partial charge is 0.340 e. The lowest BCUT2D eigenvalue weighted by molar-refractivity contribution is -0.119. The van der Waals surface area contributed by atoms with Crippen LogP contribution in [0.5, 0.6) is 0 Å². The molecule has 0 saturated carbocycles. The molecule has 1 N–H and O–H groups in total. The van der Waals surface area contributed by atoms with Crippen molar-refractivity contribution in [1.82, 2.24) is 4.57 Å². The molecule has 1 aromatic carbocycles. The van der Waals surface area contributed by atoms with Crippen molar-refractivity contribution in [2.24, 2.45) is 0 Å². The molecule has 0 aliphatic carbocycles. The number of halogens is 1. The molecule has 128 valence electrons. The number of aromatic nitrogens is 1. The van der Waals surface area contributed by atoms with Gasteiger partial charge in [0.15, 0.2) is 6.61 Å². The molecule has 0 unspecified atom stereocenters. The Kier molecular flexibility index (Phi) is 5.83. The highest BCUT2D eigenvalue weighted by Gasteiger charge is 2.19. The molecule has 1 aromatic heterocycles. The van der Waals surface area contributed by atoms with Crippen LogP contribution in [0.3, 0.4) is 0 Å². The van der Waals surface area contributed by atoms with E-state index in [0.717, 1.165) is 15.9 Å². The molecule has 0 aliphatic rings. The van der Waals surface area contributed by atoms with Crippen LogP contribution >= 0.6 is 15.9 Å². The summed E-state index contributed by atoms with van der Waals surface area (Å²) < 4.78 is 8.07. The van der Waals surface area contributed by atoms with Gasteiger partial charge in [0.1, 0.15) is 0 Å². The Morgan fingerprint density at radius 2 is 1.96 bits per heavy atom. The summed E-state index contributed by atoms with van der Waals surface area (Å²) in [4.78, 5) is 24.2. The standard InChI is InChI=1S/C18H21BrN2O3/c1-11(2)21-12(3)8-16(13(21)4)18(23)24-10-17(22)20-15-7-5-6-14(19)9-15/h5-9,11H,10H2,1-4H3,(H,20,22). The number of esters is 1. The van der Waals surface area contributed by atoms with Crippen LogP contribution in [-0.2, 0) is 9.53 Å². The van der Waals surface area contributed by atoms with E-state index in [2.05, 4.69) is 39.7 Å². The van der Waals surface area contributed by atoms with E-state index in [1.807, 2.05) is 26.0 Å². The van der Waals surface area contributed by atoms with Crippen LogP contribution < -0.4 is 5.32 Å². The predicted octanol–water partition coefficient (Wildman–Crippen LogP) is 4.24. The maximum absolute atomic E-state index is 12.2. The van der Waals surface area contributed by atoms with Gasteiger partial charge in [0.25, 0.3) is 5.91 Å². The van der Waals surface area contributed by atoms with Crippen LogP contribution in [-0.4, -0.2) is 23.1 Å². The third-order valence-corrected chi connectivity index (χ3v) is 4.16. The predicted molar refractivity (Wildman–Crippen MR) is 97.3 cm³/mol. The Labute approximate surface area is 150 Å². The Balaban J connectivity index is 1.98. The van der Waals surface area contributed by atoms with Gasteiger partial charge in [-0.05, 0) is 52.0 Å². The molecule has 24 heavy (non-hydrogen) atoms. The van der Waals surface area contributed by atoms with E-state index in [9.17, 15) is 9.59 Å². The summed E-state index contributed by atoms with van der Waals surface area (Å²) in [6, 6.07) is 9.26. The monoisotopic (exact) mass is 392 g/mol. The van der Waals surface area contributed by atoms with Gasteiger partial charge >= 0.3 is 5.97 Å². The van der Waals surface area contributed by atoms with Gasteiger partial charge in [-0.3, -0.25) is 4.79 Å². The molecule has 0 bridgehead atoms. The summed E-state index contributed by atoms with van der Waals surface area (Å²) in [6.45, 7) is 7.62. The number of aryl methyl sites for hydroxylation is 1. The van der Waals surface area contributed by atoms with Gasteiger partial charge < -0.3 is 14.6 Å². The number of hydrogen-bond acceptors (Lipinski definition) is 3. The summed E-state index contributed by atoms with van der Waals surface area (Å²) in [5.74, 6) is -0.862. The molecule has 2 rings (SSSR count). The first-order chi connectivity index (χ1) is 11.3. The maximum atomic E-state index is 12.2. The summed E-state index contributed by atoms with van der Waals surface area (Å²) >= 11 is 3.33. The van der Waals surface area contributed by atoms with Crippen LogP contribution in [0.1, 0.15) is 41.6 Å². The minimum absolute atomic E-state index is 0.256. The van der Waals surface area contributed by atoms with Gasteiger partial charge in [0.05, 0.1) is 5.56 Å². The molecule has 5 nitrogen and oxygen atoms in total. The molecule has 0 radical (unpaired) electrons. The second-order valence-electron chi connectivity index (χ2n) is 5.88. The molecule has 6 heteroatoms. The van der Waals surface area contributed by atoms with E-state index < -0.39 is 5.97 Å². The van der Waals surface area contributed by atoms with E-state index in [1.54, 1.807) is 18.2 Å². The summed E-state index contributed by atoms with van der Waals surface area (Å²) in [7, 11) is 0. The van der Waals surface area contributed by atoms with Crippen molar-refractivity contribution < 1.29 is 14.3 Å². The number of rotatable bonds is 5. The highest BCUT2D eigenvalue weighted by Crippen LogP contribution is 2.21. The van der Waals surface area contributed by atoms with E-state index in [-0.39, 0.29) is 18.6 Å². The number of amides is 1. The number of benzene rings is 1.